The molecule has 1 saturated heterocycles. The van der Waals surface area contributed by atoms with Gasteiger partial charge >= 0.3 is 5.69 Å². The fourth-order valence-corrected chi connectivity index (χ4v) is 4.23. The molecule has 1 aromatic heterocycles. The quantitative estimate of drug-likeness (QED) is 0.630. The molecular formula is C23H28N4O3. The van der Waals surface area contributed by atoms with Crippen LogP contribution in [0.4, 0.5) is 0 Å². The number of hydrogen-bond donors (Lipinski definition) is 2. The van der Waals surface area contributed by atoms with Crippen LogP contribution in [0.5, 0.6) is 5.75 Å². The first-order chi connectivity index (χ1) is 14.6. The van der Waals surface area contributed by atoms with Crippen LogP contribution in [0.15, 0.2) is 47.3 Å². The van der Waals surface area contributed by atoms with E-state index in [1.54, 1.807) is 23.8 Å². The van der Waals surface area contributed by atoms with E-state index in [2.05, 4.69) is 22.1 Å². The summed E-state index contributed by atoms with van der Waals surface area (Å²) in [5.41, 5.74) is 2.81. The van der Waals surface area contributed by atoms with E-state index in [9.17, 15) is 9.59 Å². The summed E-state index contributed by atoms with van der Waals surface area (Å²) in [6.45, 7) is 5.37. The molecule has 158 valence electrons. The van der Waals surface area contributed by atoms with Crippen LogP contribution < -0.4 is 15.7 Å². The first kappa shape index (κ1) is 20.2. The lowest BCUT2D eigenvalue weighted by Crippen LogP contribution is -2.40. The number of ether oxygens (including phenoxy) is 1. The third kappa shape index (κ3) is 4.11. The summed E-state index contributed by atoms with van der Waals surface area (Å²) in [5.74, 6) is 0.670. The first-order valence-corrected chi connectivity index (χ1v) is 10.5. The van der Waals surface area contributed by atoms with Crippen LogP contribution >= 0.6 is 0 Å². The van der Waals surface area contributed by atoms with Crippen molar-refractivity contribution in [3.63, 3.8) is 0 Å². The minimum Gasteiger partial charge on any atom is -0.497 e. The van der Waals surface area contributed by atoms with Gasteiger partial charge in [0.05, 0.1) is 24.7 Å². The lowest BCUT2D eigenvalue weighted by molar-refractivity contribution is 0.0941. The van der Waals surface area contributed by atoms with Gasteiger partial charge in [-0.05, 0) is 61.8 Å². The van der Waals surface area contributed by atoms with Crippen LogP contribution in [0.3, 0.4) is 0 Å². The summed E-state index contributed by atoms with van der Waals surface area (Å²) in [6, 6.07) is 13.4. The van der Waals surface area contributed by atoms with E-state index in [1.807, 2.05) is 30.3 Å². The molecular weight excluding hydrogens is 380 g/mol. The average Bonchev–Trinajstić information content (AvgIpc) is 3.35. The maximum Gasteiger partial charge on any atom is 0.326 e. The van der Waals surface area contributed by atoms with Crippen LogP contribution in [0.2, 0.25) is 0 Å². The van der Waals surface area contributed by atoms with Gasteiger partial charge in [0, 0.05) is 18.2 Å². The van der Waals surface area contributed by atoms with Gasteiger partial charge in [0.1, 0.15) is 5.75 Å². The average molecular weight is 409 g/mol. The lowest BCUT2D eigenvalue weighted by Gasteiger charge is -2.22. The number of methoxy groups -OCH3 is 1. The third-order valence-corrected chi connectivity index (χ3v) is 5.94. The Morgan fingerprint density at radius 1 is 1.23 bits per heavy atom. The normalized spacial score (nSPS) is 16.8. The van der Waals surface area contributed by atoms with Crippen LogP contribution in [-0.4, -0.2) is 53.1 Å². The topological polar surface area (TPSA) is 79.4 Å². The van der Waals surface area contributed by atoms with E-state index in [0.29, 0.717) is 30.2 Å². The molecule has 2 N–H and O–H groups in total. The second kappa shape index (κ2) is 8.75. The lowest BCUT2D eigenvalue weighted by atomic mass is 10.1. The molecule has 4 rings (SSSR count). The maximum absolute atomic E-state index is 12.6. The fourth-order valence-electron chi connectivity index (χ4n) is 4.23. The molecule has 1 aliphatic rings. The zero-order valence-electron chi connectivity index (χ0n) is 17.5. The van der Waals surface area contributed by atoms with E-state index >= 15 is 0 Å². The highest BCUT2D eigenvalue weighted by Crippen LogP contribution is 2.18. The fraction of sp³-hybridized carbons (Fsp3) is 0.391. The van der Waals surface area contributed by atoms with Gasteiger partial charge in [-0.25, -0.2) is 4.79 Å². The number of aromatic amines is 1. The molecule has 1 fully saturated rings. The highest BCUT2D eigenvalue weighted by Gasteiger charge is 2.23. The number of imidazole rings is 1. The predicted molar refractivity (Wildman–Crippen MR) is 117 cm³/mol. The number of benzene rings is 2. The number of rotatable bonds is 7. The van der Waals surface area contributed by atoms with Crippen molar-refractivity contribution >= 4 is 16.9 Å². The standard InChI is InChI=1S/C23H28N4O3/c1-3-26-12-4-5-18(26)14-24-22(28)17-8-11-21-20(13-17)25-23(29)27(21)15-16-6-9-19(30-2)10-7-16/h6-11,13,18H,3-5,12,14-15H2,1-2H3,(H,24,28)(H,25,29)/t18-/m1/s1. The number of amides is 1. The van der Waals surface area contributed by atoms with Crippen molar-refractivity contribution in [1.82, 2.24) is 19.8 Å². The Hall–Kier alpha value is -3.06. The summed E-state index contributed by atoms with van der Waals surface area (Å²) in [5, 5.41) is 3.05. The van der Waals surface area contributed by atoms with Crippen molar-refractivity contribution in [1.29, 1.82) is 0 Å². The molecule has 0 radical (unpaired) electrons. The highest BCUT2D eigenvalue weighted by atomic mass is 16.5. The maximum atomic E-state index is 12.6. The number of hydrogen-bond acceptors (Lipinski definition) is 4. The molecule has 3 aromatic rings. The van der Waals surface area contributed by atoms with Gasteiger partial charge in [-0.15, -0.1) is 0 Å². The second-order valence-electron chi connectivity index (χ2n) is 7.73. The molecule has 1 atom stereocenters. The monoisotopic (exact) mass is 408 g/mol. The Balaban J connectivity index is 1.49. The number of H-pyrrole nitrogens is 1. The van der Waals surface area contributed by atoms with Crippen LogP contribution in [-0.2, 0) is 6.54 Å². The van der Waals surface area contributed by atoms with E-state index in [0.717, 1.165) is 36.3 Å². The van der Waals surface area contributed by atoms with Gasteiger partial charge in [-0.3, -0.25) is 14.3 Å². The van der Waals surface area contributed by atoms with Crippen molar-refractivity contribution in [2.24, 2.45) is 0 Å². The van der Waals surface area contributed by atoms with E-state index in [4.69, 9.17) is 4.74 Å². The summed E-state index contributed by atoms with van der Waals surface area (Å²) in [7, 11) is 1.63. The largest absolute Gasteiger partial charge is 0.497 e. The highest BCUT2D eigenvalue weighted by molar-refractivity contribution is 5.97. The number of fused-ring (bicyclic) bond motifs is 1. The minimum absolute atomic E-state index is 0.108. The van der Waals surface area contributed by atoms with Crippen LogP contribution in [0, 0.1) is 0 Å². The van der Waals surface area contributed by atoms with Gasteiger partial charge in [0.15, 0.2) is 0 Å². The smallest absolute Gasteiger partial charge is 0.326 e. The number of nitrogens with one attached hydrogen (secondary N) is 2. The summed E-state index contributed by atoms with van der Waals surface area (Å²) in [4.78, 5) is 30.4. The van der Waals surface area contributed by atoms with E-state index < -0.39 is 0 Å². The van der Waals surface area contributed by atoms with Crippen LogP contribution in [0.1, 0.15) is 35.7 Å². The Morgan fingerprint density at radius 3 is 2.77 bits per heavy atom. The molecule has 30 heavy (non-hydrogen) atoms. The van der Waals surface area contributed by atoms with Crippen molar-refractivity contribution in [3.8, 4) is 5.75 Å². The third-order valence-electron chi connectivity index (χ3n) is 5.94. The van der Waals surface area contributed by atoms with E-state index in [1.165, 1.54) is 6.42 Å². The Labute approximate surface area is 175 Å². The SMILES string of the molecule is CCN1CCC[C@@H]1CNC(=O)c1ccc2c(c1)[nH]c(=O)n2Cc1ccc(OC)cc1. The van der Waals surface area contributed by atoms with Gasteiger partial charge in [0.2, 0.25) is 0 Å². The molecule has 0 aliphatic carbocycles. The zero-order valence-corrected chi connectivity index (χ0v) is 17.5. The molecule has 1 amide bonds. The summed E-state index contributed by atoms with van der Waals surface area (Å²) in [6.07, 6.45) is 2.30. The van der Waals surface area contributed by atoms with Crippen molar-refractivity contribution in [2.75, 3.05) is 26.7 Å². The molecule has 2 aromatic carbocycles. The summed E-state index contributed by atoms with van der Waals surface area (Å²) >= 11 is 0. The zero-order chi connectivity index (χ0) is 21.1. The number of carbonyl (C=O) groups excluding carboxylic acids is 1. The van der Waals surface area contributed by atoms with Crippen LogP contribution in [0.25, 0.3) is 11.0 Å². The van der Waals surface area contributed by atoms with Gasteiger partial charge in [-0.1, -0.05) is 19.1 Å². The second-order valence-corrected chi connectivity index (χ2v) is 7.73. The summed E-state index contributed by atoms with van der Waals surface area (Å²) < 4.78 is 6.86. The number of nitrogens with zero attached hydrogens (tertiary/aromatic N) is 2. The van der Waals surface area contributed by atoms with Crippen molar-refractivity contribution in [3.05, 3.63) is 64.1 Å². The van der Waals surface area contributed by atoms with Crippen molar-refractivity contribution < 1.29 is 9.53 Å². The molecule has 0 bridgehead atoms. The Morgan fingerprint density at radius 2 is 2.03 bits per heavy atom. The number of likely N-dealkylation sites (tertiary alicyclic amines) is 1. The van der Waals surface area contributed by atoms with E-state index in [-0.39, 0.29) is 11.6 Å². The molecule has 7 heteroatoms. The molecule has 0 saturated carbocycles. The Bertz CT molecular complexity index is 1080. The van der Waals surface area contributed by atoms with Gasteiger partial charge < -0.3 is 15.0 Å². The molecule has 1 aliphatic heterocycles. The number of aromatic nitrogens is 2. The minimum atomic E-state index is -0.192. The number of likely N-dealkylation sites (N-methyl/N-ethyl adjacent to an activating group) is 1. The molecule has 2 heterocycles. The molecule has 0 spiro atoms. The van der Waals surface area contributed by atoms with Crippen molar-refractivity contribution in [2.45, 2.75) is 32.4 Å². The predicted octanol–water partition coefficient (Wildman–Crippen LogP) is 2.60. The molecule has 7 nitrogen and oxygen atoms in total. The number of carbonyl (C=O) groups is 1. The van der Waals surface area contributed by atoms with Gasteiger partial charge in [-0.2, -0.15) is 0 Å². The Kier molecular flexibility index (Phi) is 5.90. The molecule has 0 unspecified atom stereocenters. The first-order valence-electron chi connectivity index (χ1n) is 10.5. The van der Waals surface area contributed by atoms with Gasteiger partial charge in [0.25, 0.3) is 5.91 Å².